The van der Waals surface area contributed by atoms with E-state index in [0.29, 0.717) is 5.89 Å². The highest BCUT2D eigenvalue weighted by molar-refractivity contribution is 5.75. The Hall–Kier alpha value is -2.56. The van der Waals surface area contributed by atoms with E-state index in [1.165, 1.54) is 0 Å². The molecule has 3 aromatic rings. The summed E-state index contributed by atoms with van der Waals surface area (Å²) in [7, 11) is 3.92. The maximum Gasteiger partial charge on any atom is 0.220 e. The van der Waals surface area contributed by atoms with Crippen molar-refractivity contribution in [3.8, 4) is 0 Å². The average Bonchev–Trinajstić information content (AvgIpc) is 3.02. The number of H-pyrrole nitrogens is 1. The fourth-order valence-corrected chi connectivity index (χ4v) is 1.75. The topological polar surface area (TPSA) is 58.0 Å². The molecule has 0 aliphatic heterocycles. The van der Waals surface area contributed by atoms with E-state index in [-0.39, 0.29) is 0 Å². The van der Waals surface area contributed by atoms with Gasteiger partial charge in [0.25, 0.3) is 0 Å². The number of hydrogen-bond donors (Lipinski definition) is 1. The van der Waals surface area contributed by atoms with Crippen molar-refractivity contribution in [2.75, 3.05) is 19.0 Å². The Bertz CT molecular complexity index is 691. The Morgan fingerprint density at radius 1 is 1.21 bits per heavy atom. The molecule has 5 heteroatoms. The van der Waals surface area contributed by atoms with Crippen LogP contribution in [0.4, 0.5) is 5.82 Å². The zero-order chi connectivity index (χ0) is 13.2. The van der Waals surface area contributed by atoms with Crippen LogP contribution in [0.15, 0.2) is 34.9 Å². The molecular weight excluding hydrogens is 240 g/mol. The van der Waals surface area contributed by atoms with Gasteiger partial charge >= 0.3 is 0 Å². The Kier molecular flexibility index (Phi) is 2.79. The maximum atomic E-state index is 5.59. The summed E-state index contributed by atoms with van der Waals surface area (Å²) >= 11 is 0. The van der Waals surface area contributed by atoms with Crippen LogP contribution in [0, 0.1) is 0 Å². The van der Waals surface area contributed by atoms with Crippen molar-refractivity contribution in [2.24, 2.45) is 0 Å². The number of anilines is 1. The average molecular weight is 254 g/mol. The van der Waals surface area contributed by atoms with Gasteiger partial charge in [0.15, 0.2) is 5.58 Å². The first-order chi connectivity index (χ1) is 9.22. The summed E-state index contributed by atoms with van der Waals surface area (Å²) in [6.07, 6.45) is 5.43. The number of nitrogens with one attached hydrogen (secondary N) is 1. The molecular formula is C14H14N4O. The monoisotopic (exact) mass is 254 g/mol. The highest BCUT2D eigenvalue weighted by Gasteiger charge is 2.02. The van der Waals surface area contributed by atoms with Crippen molar-refractivity contribution in [3.63, 3.8) is 0 Å². The lowest BCUT2D eigenvalue weighted by Crippen LogP contribution is -2.08. The molecule has 96 valence electrons. The first-order valence-corrected chi connectivity index (χ1v) is 5.98. The quantitative estimate of drug-likeness (QED) is 0.780. The number of para-hydroxylation sites is 2. The van der Waals surface area contributed by atoms with Gasteiger partial charge in [-0.1, -0.05) is 12.1 Å². The van der Waals surface area contributed by atoms with Crippen LogP contribution in [0.2, 0.25) is 0 Å². The van der Waals surface area contributed by atoms with Gasteiger partial charge < -0.3 is 14.3 Å². The second-order valence-corrected chi connectivity index (χ2v) is 4.40. The summed E-state index contributed by atoms with van der Waals surface area (Å²) in [5.41, 5.74) is 1.64. The third-order valence-electron chi connectivity index (χ3n) is 2.76. The van der Waals surface area contributed by atoms with Gasteiger partial charge in [0, 0.05) is 20.2 Å². The standard InChI is InChI=1S/C14H14N4O/c1-18(2)13-9-15-12(17-13)7-8-14-16-10-5-3-4-6-11(10)19-14/h3-9H,1-2H3,(H,15,17)/b8-7+. The van der Waals surface area contributed by atoms with E-state index in [1.807, 2.05) is 49.3 Å². The molecule has 0 unspecified atom stereocenters. The predicted octanol–water partition coefficient (Wildman–Crippen LogP) is 2.79. The zero-order valence-electron chi connectivity index (χ0n) is 10.8. The van der Waals surface area contributed by atoms with E-state index in [2.05, 4.69) is 15.0 Å². The largest absolute Gasteiger partial charge is 0.437 e. The highest BCUT2D eigenvalue weighted by Crippen LogP contribution is 2.16. The molecule has 1 aromatic carbocycles. The smallest absolute Gasteiger partial charge is 0.220 e. The molecule has 2 heterocycles. The van der Waals surface area contributed by atoms with Gasteiger partial charge in [-0.05, 0) is 18.2 Å². The molecule has 0 atom stereocenters. The molecule has 0 spiro atoms. The summed E-state index contributed by atoms with van der Waals surface area (Å²) in [6.45, 7) is 0. The minimum atomic E-state index is 0.573. The first-order valence-electron chi connectivity index (χ1n) is 5.98. The Morgan fingerprint density at radius 2 is 2.05 bits per heavy atom. The van der Waals surface area contributed by atoms with Crippen molar-refractivity contribution in [1.29, 1.82) is 0 Å². The van der Waals surface area contributed by atoms with Gasteiger partial charge in [0.1, 0.15) is 17.2 Å². The number of hydrogen-bond acceptors (Lipinski definition) is 4. The van der Waals surface area contributed by atoms with E-state index in [9.17, 15) is 0 Å². The molecule has 0 radical (unpaired) electrons. The molecule has 0 fully saturated rings. The summed E-state index contributed by atoms with van der Waals surface area (Å²) in [5.74, 6) is 2.30. The Labute approximate surface area is 110 Å². The zero-order valence-corrected chi connectivity index (χ0v) is 10.8. The van der Waals surface area contributed by atoms with Crippen molar-refractivity contribution >= 4 is 29.1 Å². The fraction of sp³-hybridized carbons (Fsp3) is 0.143. The van der Waals surface area contributed by atoms with E-state index < -0.39 is 0 Å². The molecule has 5 nitrogen and oxygen atoms in total. The van der Waals surface area contributed by atoms with Gasteiger partial charge in [0.2, 0.25) is 5.89 Å². The SMILES string of the molecule is CN(C)c1cnc(/C=C/c2nc3ccccc3o2)[nH]1. The predicted molar refractivity (Wildman–Crippen MR) is 75.9 cm³/mol. The second-order valence-electron chi connectivity index (χ2n) is 4.40. The summed E-state index contributed by atoms with van der Waals surface area (Å²) in [4.78, 5) is 13.8. The van der Waals surface area contributed by atoms with E-state index >= 15 is 0 Å². The van der Waals surface area contributed by atoms with Crippen molar-refractivity contribution in [3.05, 3.63) is 42.2 Å². The highest BCUT2D eigenvalue weighted by atomic mass is 16.3. The Morgan fingerprint density at radius 3 is 2.79 bits per heavy atom. The van der Waals surface area contributed by atoms with Gasteiger partial charge in [-0.15, -0.1) is 0 Å². The first kappa shape index (κ1) is 11.5. The Balaban J connectivity index is 1.84. The lowest BCUT2D eigenvalue weighted by atomic mass is 10.3. The fourth-order valence-electron chi connectivity index (χ4n) is 1.75. The van der Waals surface area contributed by atoms with Crippen LogP contribution in [-0.2, 0) is 0 Å². The third kappa shape index (κ3) is 2.35. The molecule has 0 aliphatic carbocycles. The molecule has 0 amide bonds. The van der Waals surface area contributed by atoms with Gasteiger partial charge in [0.05, 0.1) is 6.20 Å². The van der Waals surface area contributed by atoms with Crippen molar-refractivity contribution in [2.45, 2.75) is 0 Å². The second kappa shape index (κ2) is 4.61. The van der Waals surface area contributed by atoms with E-state index in [0.717, 1.165) is 22.7 Å². The van der Waals surface area contributed by atoms with Crippen LogP contribution >= 0.6 is 0 Å². The van der Waals surface area contributed by atoms with Crippen molar-refractivity contribution < 1.29 is 4.42 Å². The lowest BCUT2D eigenvalue weighted by molar-refractivity contribution is 0.589. The minimum Gasteiger partial charge on any atom is -0.437 e. The summed E-state index contributed by atoms with van der Waals surface area (Å²) in [5, 5.41) is 0. The molecule has 0 saturated heterocycles. The normalized spacial score (nSPS) is 11.5. The summed E-state index contributed by atoms with van der Waals surface area (Å²) in [6, 6.07) is 7.69. The molecule has 2 aromatic heterocycles. The number of fused-ring (bicyclic) bond motifs is 1. The molecule has 1 N–H and O–H groups in total. The number of rotatable bonds is 3. The van der Waals surface area contributed by atoms with Gasteiger partial charge in [-0.25, -0.2) is 9.97 Å². The summed E-state index contributed by atoms with van der Waals surface area (Å²) < 4.78 is 5.59. The van der Waals surface area contributed by atoms with Gasteiger partial charge in [-0.3, -0.25) is 0 Å². The van der Waals surface area contributed by atoms with Crippen LogP contribution in [0.25, 0.3) is 23.3 Å². The molecule has 0 aliphatic rings. The van der Waals surface area contributed by atoms with Crippen LogP contribution < -0.4 is 4.90 Å². The number of oxazole rings is 1. The van der Waals surface area contributed by atoms with Gasteiger partial charge in [-0.2, -0.15) is 0 Å². The van der Waals surface area contributed by atoms with E-state index in [4.69, 9.17) is 4.42 Å². The molecule has 3 rings (SSSR count). The van der Waals surface area contributed by atoms with Crippen molar-refractivity contribution in [1.82, 2.24) is 15.0 Å². The number of aromatic amines is 1. The van der Waals surface area contributed by atoms with Crippen LogP contribution in [0.3, 0.4) is 0 Å². The van der Waals surface area contributed by atoms with Crippen LogP contribution in [0.1, 0.15) is 11.7 Å². The van der Waals surface area contributed by atoms with E-state index in [1.54, 1.807) is 12.3 Å². The van der Waals surface area contributed by atoms with Crippen LogP contribution in [-0.4, -0.2) is 29.0 Å². The maximum absolute atomic E-state index is 5.59. The number of benzene rings is 1. The number of aromatic nitrogens is 3. The molecule has 19 heavy (non-hydrogen) atoms. The number of imidazole rings is 1. The molecule has 0 saturated carbocycles. The number of nitrogens with zero attached hydrogens (tertiary/aromatic N) is 3. The minimum absolute atomic E-state index is 0.573. The molecule has 0 bridgehead atoms. The van der Waals surface area contributed by atoms with Crippen LogP contribution in [0.5, 0.6) is 0 Å². The lowest BCUT2D eigenvalue weighted by Gasteiger charge is -2.06. The third-order valence-corrected chi connectivity index (χ3v) is 2.76.